The molecule has 4 fully saturated rings. The second kappa shape index (κ2) is 13.1. The van der Waals surface area contributed by atoms with Gasteiger partial charge in [0.1, 0.15) is 11.6 Å². The zero-order chi connectivity index (χ0) is 32.5. The number of carbonyl (C=O) groups is 2. The van der Waals surface area contributed by atoms with Gasteiger partial charge in [-0.2, -0.15) is 5.10 Å². The Bertz CT molecular complexity index is 1530. The normalized spacial score (nSPS) is 25.7. The number of hydrogen-bond acceptors (Lipinski definition) is 6. The Kier molecular flexibility index (Phi) is 9.12. The van der Waals surface area contributed by atoms with E-state index in [0.29, 0.717) is 6.54 Å². The van der Waals surface area contributed by atoms with Crippen LogP contribution < -0.4 is 15.0 Å². The molecular formula is C37H49N5O4. The van der Waals surface area contributed by atoms with Crippen molar-refractivity contribution >= 4 is 17.8 Å². The quantitative estimate of drug-likeness (QED) is 0.266. The topological polar surface area (TPSA) is 98.6 Å². The average molecular weight is 628 g/mol. The molecular weight excluding hydrogens is 578 g/mol. The van der Waals surface area contributed by atoms with Gasteiger partial charge in [-0.25, -0.2) is 9.78 Å². The van der Waals surface area contributed by atoms with Crippen LogP contribution in [0.5, 0.6) is 5.75 Å². The third-order valence-corrected chi connectivity index (χ3v) is 11.2. The molecule has 9 heteroatoms. The van der Waals surface area contributed by atoms with E-state index in [1.54, 1.807) is 7.11 Å². The molecule has 7 rings (SSSR count). The highest BCUT2D eigenvalue weighted by molar-refractivity contribution is 5.95. The molecule has 0 atom stereocenters. The van der Waals surface area contributed by atoms with E-state index in [1.807, 2.05) is 28.0 Å². The Morgan fingerprint density at radius 2 is 1.72 bits per heavy atom. The van der Waals surface area contributed by atoms with E-state index in [-0.39, 0.29) is 34.7 Å². The summed E-state index contributed by atoms with van der Waals surface area (Å²) in [5, 5.41) is 7.47. The molecule has 46 heavy (non-hydrogen) atoms. The first-order valence-corrected chi connectivity index (χ1v) is 17.0. The van der Waals surface area contributed by atoms with Crippen molar-refractivity contribution in [1.29, 1.82) is 0 Å². The van der Waals surface area contributed by atoms with Gasteiger partial charge >= 0.3 is 6.09 Å². The Morgan fingerprint density at radius 1 is 1.00 bits per heavy atom. The van der Waals surface area contributed by atoms with E-state index in [9.17, 15) is 9.59 Å². The van der Waals surface area contributed by atoms with Crippen molar-refractivity contribution in [2.75, 3.05) is 25.7 Å². The number of rotatable bonds is 9. The van der Waals surface area contributed by atoms with Gasteiger partial charge in [-0.1, -0.05) is 12.1 Å². The Balaban J connectivity index is 1.24. The summed E-state index contributed by atoms with van der Waals surface area (Å²) in [7, 11) is 3.12. The largest absolute Gasteiger partial charge is 0.496 e. The number of ether oxygens (including phenoxy) is 2. The van der Waals surface area contributed by atoms with Gasteiger partial charge in [0, 0.05) is 42.5 Å². The maximum absolute atomic E-state index is 14.5. The summed E-state index contributed by atoms with van der Waals surface area (Å²) < 4.78 is 12.3. The molecule has 2 heterocycles. The monoisotopic (exact) mass is 627 g/mol. The smallest absolute Gasteiger partial charge is 0.407 e. The number of aryl methyl sites for hydroxylation is 1. The van der Waals surface area contributed by atoms with Gasteiger partial charge in [-0.3, -0.25) is 14.4 Å². The van der Waals surface area contributed by atoms with Crippen LogP contribution in [0.25, 0.3) is 11.1 Å². The van der Waals surface area contributed by atoms with Gasteiger partial charge in [0.05, 0.1) is 20.4 Å². The number of aromatic nitrogens is 3. The van der Waals surface area contributed by atoms with Crippen LogP contribution >= 0.6 is 0 Å². The molecule has 246 valence electrons. The standard InChI is InChI=1S/C37H49N5O4/c1-25(2)42-23-29(22-39-42)28-12-19-38-33(21-28)41(34(43)27-6-9-31(10-7-27)40-35(44)46-5)24-36-13-16-37(17-14-36,18-15-36)30-8-11-32(45-4)26(3)20-30/h8,11-12,19-23,25,27,31H,6-7,9-10,13-18,24H2,1-5H3,(H,40,44)/t27-,31-,36?,37?. The van der Waals surface area contributed by atoms with Crippen LogP contribution in [0, 0.1) is 18.3 Å². The Hall–Kier alpha value is -3.88. The van der Waals surface area contributed by atoms with E-state index >= 15 is 0 Å². The van der Waals surface area contributed by atoms with E-state index < -0.39 is 6.09 Å². The SMILES string of the molecule is COC(=O)N[C@H]1CC[C@H](C(=O)N(CC23CCC(c4ccc(OC)c(C)c4)(CC2)CC3)c2cc(-c3cnn(C(C)C)c3)ccn2)CC1. The molecule has 4 aliphatic rings. The molecule has 1 N–H and O–H groups in total. The summed E-state index contributed by atoms with van der Waals surface area (Å²) >= 11 is 0. The fourth-order valence-corrected chi connectivity index (χ4v) is 8.19. The molecule has 4 saturated carbocycles. The summed E-state index contributed by atoms with van der Waals surface area (Å²) in [4.78, 5) is 33.1. The van der Waals surface area contributed by atoms with Crippen molar-refractivity contribution in [3.8, 4) is 16.9 Å². The van der Waals surface area contributed by atoms with Crippen LogP contribution in [0.3, 0.4) is 0 Å². The van der Waals surface area contributed by atoms with Crippen molar-refractivity contribution in [2.45, 2.75) is 102 Å². The van der Waals surface area contributed by atoms with Crippen molar-refractivity contribution in [2.24, 2.45) is 11.3 Å². The number of anilines is 1. The number of nitrogens with zero attached hydrogens (tertiary/aromatic N) is 4. The number of amides is 2. The maximum Gasteiger partial charge on any atom is 0.407 e. The van der Waals surface area contributed by atoms with E-state index in [2.05, 4.69) is 61.6 Å². The first kappa shape index (κ1) is 32.1. The first-order valence-electron chi connectivity index (χ1n) is 17.0. The zero-order valence-electron chi connectivity index (χ0n) is 28.1. The van der Waals surface area contributed by atoms with Gasteiger partial charge in [0.2, 0.25) is 5.91 Å². The van der Waals surface area contributed by atoms with E-state index in [0.717, 1.165) is 86.9 Å². The highest BCUT2D eigenvalue weighted by Crippen LogP contribution is 2.58. The van der Waals surface area contributed by atoms with E-state index in [4.69, 9.17) is 14.5 Å². The molecule has 1 aromatic carbocycles. The fourth-order valence-electron chi connectivity index (χ4n) is 8.19. The Labute approximate surface area is 273 Å². The van der Waals surface area contributed by atoms with Crippen molar-refractivity contribution in [3.63, 3.8) is 0 Å². The number of carbonyl (C=O) groups excluding carboxylic acids is 2. The number of hydrogen-bond donors (Lipinski definition) is 1. The molecule has 0 unspecified atom stereocenters. The van der Waals surface area contributed by atoms with Gasteiger partial charge in [-0.05, 0) is 131 Å². The molecule has 0 saturated heterocycles. The van der Waals surface area contributed by atoms with Crippen LogP contribution in [-0.4, -0.2) is 53.6 Å². The van der Waals surface area contributed by atoms with Crippen LogP contribution in [-0.2, 0) is 14.9 Å². The first-order chi connectivity index (χ1) is 22.1. The molecule has 2 bridgehead atoms. The summed E-state index contributed by atoms with van der Waals surface area (Å²) in [5.41, 5.74) is 4.93. The lowest BCUT2D eigenvalue weighted by molar-refractivity contribution is -0.124. The van der Waals surface area contributed by atoms with Gasteiger partial charge < -0.3 is 14.8 Å². The summed E-state index contributed by atoms with van der Waals surface area (Å²) in [6.45, 7) is 7.05. The van der Waals surface area contributed by atoms with Crippen molar-refractivity contribution in [3.05, 3.63) is 60.0 Å². The second-order valence-electron chi connectivity index (χ2n) is 14.3. The fraction of sp³-hybridized carbons (Fsp3) is 0.568. The van der Waals surface area contributed by atoms with E-state index in [1.165, 1.54) is 18.2 Å². The molecule has 0 spiro atoms. The number of pyridine rings is 1. The lowest BCUT2D eigenvalue weighted by Crippen LogP contribution is -2.52. The van der Waals surface area contributed by atoms with Crippen LogP contribution in [0.15, 0.2) is 48.9 Å². The molecule has 0 aliphatic heterocycles. The summed E-state index contributed by atoms with van der Waals surface area (Å²) in [5.74, 6) is 1.71. The minimum absolute atomic E-state index is 0.0360. The number of methoxy groups -OCH3 is 2. The highest BCUT2D eigenvalue weighted by Gasteiger charge is 2.51. The number of nitrogens with one attached hydrogen (secondary N) is 1. The minimum Gasteiger partial charge on any atom is -0.496 e. The molecule has 3 aromatic rings. The molecule has 0 radical (unpaired) electrons. The number of alkyl carbamates (subject to hydrolysis) is 1. The third-order valence-electron chi connectivity index (χ3n) is 11.2. The number of benzene rings is 1. The Morgan fingerprint density at radius 3 is 2.33 bits per heavy atom. The third kappa shape index (κ3) is 6.38. The van der Waals surface area contributed by atoms with Crippen molar-refractivity contribution < 1.29 is 19.1 Å². The van der Waals surface area contributed by atoms with Crippen LogP contribution in [0.4, 0.5) is 10.6 Å². The van der Waals surface area contributed by atoms with Crippen LogP contribution in [0.2, 0.25) is 0 Å². The lowest BCUT2D eigenvalue weighted by atomic mass is 9.51. The van der Waals surface area contributed by atoms with Gasteiger partial charge in [0.25, 0.3) is 0 Å². The minimum atomic E-state index is -0.409. The highest BCUT2D eigenvalue weighted by atomic mass is 16.5. The lowest BCUT2D eigenvalue weighted by Gasteiger charge is -2.55. The van der Waals surface area contributed by atoms with Crippen LogP contribution in [0.1, 0.15) is 95.2 Å². The molecule has 9 nitrogen and oxygen atoms in total. The maximum atomic E-state index is 14.5. The predicted octanol–water partition coefficient (Wildman–Crippen LogP) is 7.38. The zero-order valence-corrected chi connectivity index (χ0v) is 28.1. The average Bonchev–Trinajstić information content (AvgIpc) is 3.59. The second-order valence-corrected chi connectivity index (χ2v) is 14.3. The summed E-state index contributed by atoms with van der Waals surface area (Å²) in [6, 6.07) is 11.1. The summed E-state index contributed by atoms with van der Waals surface area (Å²) in [6.07, 6.45) is 15.0. The molecule has 2 amide bonds. The predicted molar refractivity (Wildman–Crippen MR) is 179 cm³/mol. The molecule has 4 aliphatic carbocycles. The molecule has 2 aromatic heterocycles. The van der Waals surface area contributed by atoms with Gasteiger partial charge in [0.15, 0.2) is 0 Å². The van der Waals surface area contributed by atoms with Gasteiger partial charge in [-0.15, -0.1) is 0 Å². The number of fused-ring (bicyclic) bond motifs is 3. The van der Waals surface area contributed by atoms with Crippen molar-refractivity contribution in [1.82, 2.24) is 20.1 Å².